The highest BCUT2D eigenvalue weighted by Gasteiger charge is 2.19. The Hall–Kier alpha value is -1.65. The van der Waals surface area contributed by atoms with Crippen LogP contribution in [-0.4, -0.2) is 8.76 Å². The summed E-state index contributed by atoms with van der Waals surface area (Å²) < 4.78 is 28.1. The molecule has 0 aliphatic heterocycles. The van der Waals surface area contributed by atoms with Crippen LogP contribution in [0, 0.1) is 0 Å². The zero-order valence-electron chi connectivity index (χ0n) is 12.5. The number of hydrogen-bond donors (Lipinski definition) is 0. The summed E-state index contributed by atoms with van der Waals surface area (Å²) in [4.78, 5) is 0.242. The smallest absolute Gasteiger partial charge is 0.124 e. The standard InChI is InChI=1S/C17H20O3S/c1-17(2,3)15-10-9-14(21(18)19)11-16(15)20-12-13-7-5-4-6-8-13/h4-11H,12H2,1-3H3,(H,18,19)/p-1. The minimum Gasteiger partial charge on any atom is -0.768 e. The first kappa shape index (κ1) is 15.7. The van der Waals surface area contributed by atoms with Crippen LogP contribution in [0.25, 0.3) is 0 Å². The molecule has 4 heteroatoms. The molecule has 2 rings (SSSR count). The SMILES string of the molecule is CC(C)(C)c1ccc(S(=O)[O-])cc1OCc1ccccc1. The molecule has 2 aromatic carbocycles. The number of rotatable bonds is 4. The molecule has 0 spiro atoms. The van der Waals surface area contributed by atoms with Crippen molar-refractivity contribution in [1.29, 1.82) is 0 Å². The van der Waals surface area contributed by atoms with Gasteiger partial charge < -0.3 is 9.29 Å². The molecule has 3 nitrogen and oxygen atoms in total. The maximum atomic E-state index is 11.1. The lowest BCUT2D eigenvalue weighted by Crippen LogP contribution is -2.14. The van der Waals surface area contributed by atoms with E-state index in [1.165, 1.54) is 0 Å². The first-order valence-corrected chi connectivity index (χ1v) is 7.86. The second kappa shape index (κ2) is 6.41. The summed E-state index contributed by atoms with van der Waals surface area (Å²) in [5.74, 6) is 0.619. The average Bonchev–Trinajstić information content (AvgIpc) is 2.45. The third-order valence-corrected chi connectivity index (χ3v) is 3.83. The van der Waals surface area contributed by atoms with E-state index in [9.17, 15) is 8.76 Å². The van der Waals surface area contributed by atoms with E-state index in [0.717, 1.165) is 11.1 Å². The van der Waals surface area contributed by atoms with E-state index in [-0.39, 0.29) is 10.3 Å². The van der Waals surface area contributed by atoms with Crippen LogP contribution in [0.5, 0.6) is 5.75 Å². The summed E-state index contributed by atoms with van der Waals surface area (Å²) >= 11 is -2.25. The molecule has 1 unspecified atom stereocenters. The molecule has 2 aromatic rings. The van der Waals surface area contributed by atoms with Crippen molar-refractivity contribution < 1.29 is 13.5 Å². The third kappa shape index (κ3) is 4.16. The van der Waals surface area contributed by atoms with Gasteiger partial charge in [-0.3, -0.25) is 4.21 Å². The van der Waals surface area contributed by atoms with Crippen molar-refractivity contribution in [2.45, 2.75) is 37.7 Å². The fourth-order valence-electron chi connectivity index (χ4n) is 2.08. The van der Waals surface area contributed by atoms with Gasteiger partial charge in [-0.2, -0.15) is 0 Å². The molecule has 0 radical (unpaired) electrons. The fourth-order valence-corrected chi connectivity index (χ4v) is 2.46. The van der Waals surface area contributed by atoms with Crippen molar-refractivity contribution in [1.82, 2.24) is 0 Å². The van der Waals surface area contributed by atoms with Crippen LogP contribution in [0.4, 0.5) is 0 Å². The van der Waals surface area contributed by atoms with Gasteiger partial charge in [0.1, 0.15) is 12.4 Å². The quantitative estimate of drug-likeness (QED) is 0.807. The lowest BCUT2D eigenvalue weighted by atomic mass is 9.86. The first-order valence-electron chi connectivity index (χ1n) is 6.78. The van der Waals surface area contributed by atoms with Crippen LogP contribution < -0.4 is 4.74 Å². The van der Waals surface area contributed by atoms with Gasteiger partial charge >= 0.3 is 0 Å². The summed E-state index contributed by atoms with van der Waals surface area (Å²) in [6.07, 6.45) is 0. The largest absolute Gasteiger partial charge is 0.768 e. The molecule has 0 fully saturated rings. The predicted molar refractivity (Wildman–Crippen MR) is 83.1 cm³/mol. The number of benzene rings is 2. The van der Waals surface area contributed by atoms with Gasteiger partial charge in [0, 0.05) is 4.90 Å². The molecule has 1 atom stereocenters. The summed E-state index contributed by atoms with van der Waals surface area (Å²) in [7, 11) is 0. The molecule has 0 saturated heterocycles. The van der Waals surface area contributed by atoms with E-state index in [2.05, 4.69) is 20.8 Å². The molecule has 0 bridgehead atoms. The molecule has 0 aromatic heterocycles. The Kier molecular flexibility index (Phi) is 4.80. The molecule has 0 aliphatic carbocycles. The van der Waals surface area contributed by atoms with Crippen molar-refractivity contribution in [3.8, 4) is 5.75 Å². The van der Waals surface area contributed by atoms with Gasteiger partial charge in [-0.25, -0.2) is 0 Å². The lowest BCUT2D eigenvalue weighted by molar-refractivity contribution is 0.296. The van der Waals surface area contributed by atoms with Crippen LogP contribution in [0.3, 0.4) is 0 Å². The van der Waals surface area contributed by atoms with Crippen molar-refractivity contribution in [2.75, 3.05) is 0 Å². The maximum absolute atomic E-state index is 11.1. The summed E-state index contributed by atoms with van der Waals surface area (Å²) in [5.41, 5.74) is 1.92. The first-order chi connectivity index (χ1) is 9.88. The highest BCUT2D eigenvalue weighted by Crippen LogP contribution is 2.33. The van der Waals surface area contributed by atoms with Crippen LogP contribution in [-0.2, 0) is 23.1 Å². The Labute approximate surface area is 128 Å². The topological polar surface area (TPSA) is 49.4 Å². The van der Waals surface area contributed by atoms with E-state index in [4.69, 9.17) is 4.74 Å². The highest BCUT2D eigenvalue weighted by molar-refractivity contribution is 7.79. The zero-order chi connectivity index (χ0) is 15.5. The second-order valence-corrected chi connectivity index (χ2v) is 6.86. The Balaban J connectivity index is 2.30. The summed E-state index contributed by atoms with van der Waals surface area (Å²) in [6.45, 7) is 6.64. The molecular formula is C17H19O3S-. The Morgan fingerprint density at radius 2 is 1.76 bits per heavy atom. The highest BCUT2D eigenvalue weighted by atomic mass is 32.2. The molecule has 0 aliphatic rings. The summed E-state index contributed by atoms with van der Waals surface area (Å²) in [6, 6.07) is 14.8. The predicted octanol–water partition coefficient (Wildman–Crippen LogP) is 3.80. The van der Waals surface area contributed by atoms with Crippen molar-refractivity contribution >= 4 is 11.1 Å². The van der Waals surface area contributed by atoms with E-state index >= 15 is 0 Å². The fraction of sp³-hybridized carbons (Fsp3) is 0.294. The normalized spacial score (nSPS) is 13.0. The van der Waals surface area contributed by atoms with Gasteiger partial charge in [-0.15, -0.1) is 0 Å². The van der Waals surface area contributed by atoms with Crippen molar-refractivity contribution in [3.05, 3.63) is 59.7 Å². The van der Waals surface area contributed by atoms with Crippen LogP contribution in [0.1, 0.15) is 31.9 Å². The second-order valence-electron chi connectivity index (χ2n) is 5.92. The van der Waals surface area contributed by atoms with Gasteiger partial charge in [0.2, 0.25) is 0 Å². The Morgan fingerprint density at radius 1 is 1.10 bits per heavy atom. The molecule has 112 valence electrons. The zero-order valence-corrected chi connectivity index (χ0v) is 13.3. The van der Waals surface area contributed by atoms with E-state index in [0.29, 0.717) is 12.4 Å². The number of hydrogen-bond acceptors (Lipinski definition) is 3. The Morgan fingerprint density at radius 3 is 2.33 bits per heavy atom. The minimum atomic E-state index is -2.25. The molecule has 21 heavy (non-hydrogen) atoms. The molecule has 0 heterocycles. The third-order valence-electron chi connectivity index (χ3n) is 3.19. The van der Waals surface area contributed by atoms with Crippen LogP contribution >= 0.6 is 0 Å². The van der Waals surface area contributed by atoms with E-state index in [1.54, 1.807) is 12.1 Å². The number of ether oxygens (including phenoxy) is 1. The molecule has 0 saturated carbocycles. The Bertz CT molecular complexity index is 630. The van der Waals surface area contributed by atoms with E-state index < -0.39 is 11.1 Å². The van der Waals surface area contributed by atoms with Gasteiger partial charge in [0.05, 0.1) is 0 Å². The maximum Gasteiger partial charge on any atom is 0.124 e. The van der Waals surface area contributed by atoms with E-state index in [1.807, 2.05) is 36.4 Å². The van der Waals surface area contributed by atoms with Crippen LogP contribution in [0.2, 0.25) is 0 Å². The van der Waals surface area contributed by atoms with Gasteiger partial charge in [-0.1, -0.05) is 57.2 Å². The summed E-state index contributed by atoms with van der Waals surface area (Å²) in [5, 5.41) is 0. The van der Waals surface area contributed by atoms with Crippen LogP contribution in [0.15, 0.2) is 53.4 Å². The van der Waals surface area contributed by atoms with Crippen molar-refractivity contribution in [2.24, 2.45) is 0 Å². The average molecular weight is 303 g/mol. The molecule has 0 amide bonds. The van der Waals surface area contributed by atoms with Gasteiger partial charge in [-0.05, 0) is 39.8 Å². The molecular weight excluding hydrogens is 284 g/mol. The van der Waals surface area contributed by atoms with Gasteiger partial charge in [0.15, 0.2) is 0 Å². The lowest BCUT2D eigenvalue weighted by Gasteiger charge is -2.24. The monoisotopic (exact) mass is 303 g/mol. The molecule has 0 N–H and O–H groups in total. The van der Waals surface area contributed by atoms with Gasteiger partial charge in [0.25, 0.3) is 0 Å². The van der Waals surface area contributed by atoms with Crippen molar-refractivity contribution in [3.63, 3.8) is 0 Å². The minimum absolute atomic E-state index is 0.116.